The lowest BCUT2D eigenvalue weighted by Gasteiger charge is -2.06. The van der Waals surface area contributed by atoms with E-state index in [0.717, 1.165) is 16.9 Å². The van der Waals surface area contributed by atoms with E-state index in [4.69, 9.17) is 16.0 Å². The Morgan fingerprint density at radius 2 is 1.84 bits per heavy atom. The maximum absolute atomic E-state index is 13.4. The Labute approximate surface area is 199 Å². The maximum Gasteiger partial charge on any atom is 0.291 e. The zero-order chi connectivity index (χ0) is 22.8. The van der Waals surface area contributed by atoms with E-state index < -0.39 is 11.7 Å². The summed E-state index contributed by atoms with van der Waals surface area (Å²) in [5.41, 5.74) is 4.35. The summed E-state index contributed by atoms with van der Waals surface area (Å²) in [7, 11) is 0. The van der Waals surface area contributed by atoms with Crippen LogP contribution < -0.4 is 10.7 Å². The Morgan fingerprint density at radius 3 is 2.53 bits per heavy atom. The number of thiophene rings is 1. The first kappa shape index (κ1) is 22.2. The summed E-state index contributed by atoms with van der Waals surface area (Å²) in [5.74, 6) is -1.07. The number of fused-ring (bicyclic) bond motifs is 1. The van der Waals surface area contributed by atoms with Crippen LogP contribution in [0.1, 0.15) is 32.7 Å². The van der Waals surface area contributed by atoms with Crippen LogP contribution in [0.15, 0.2) is 68.8 Å². The Hall–Kier alpha value is -3.01. The number of hydrogen-bond acceptors (Lipinski definition) is 5. The fourth-order valence-electron chi connectivity index (χ4n) is 2.86. The molecule has 6 nitrogen and oxygen atoms in total. The third-order valence-corrected chi connectivity index (χ3v) is 6.56. The molecule has 0 aliphatic heterocycles. The molecule has 0 spiro atoms. The van der Waals surface area contributed by atoms with E-state index in [1.807, 2.05) is 0 Å². The van der Waals surface area contributed by atoms with Gasteiger partial charge in [0.05, 0.1) is 10.7 Å². The molecule has 0 radical (unpaired) electrons. The van der Waals surface area contributed by atoms with Crippen molar-refractivity contribution in [2.75, 3.05) is 5.32 Å². The van der Waals surface area contributed by atoms with Crippen molar-refractivity contribution in [1.82, 2.24) is 5.43 Å². The standard InChI is InChI=1S/C22H14BrClFN3O3S/c1-11(12-2-5-14(6-3-12)26-21(29)16-8-9-18(23)31-16)27-28-22(30)20-19(24)15-7-4-13(25)10-17(15)32-20/h2-10H,1H3,(H,26,29)(H,28,30)/b27-11+. The van der Waals surface area contributed by atoms with Gasteiger partial charge in [0.15, 0.2) is 10.4 Å². The Kier molecular flexibility index (Phi) is 6.40. The number of nitrogens with one attached hydrogen (secondary N) is 2. The van der Waals surface area contributed by atoms with Crippen LogP contribution in [0.25, 0.3) is 10.1 Å². The molecular formula is C22H14BrClFN3O3S. The molecule has 0 saturated heterocycles. The van der Waals surface area contributed by atoms with Crippen molar-refractivity contribution in [2.45, 2.75) is 6.92 Å². The lowest BCUT2D eigenvalue weighted by Crippen LogP contribution is -2.18. The van der Waals surface area contributed by atoms with E-state index in [0.29, 0.717) is 26.2 Å². The molecule has 2 N–H and O–H groups in total. The maximum atomic E-state index is 13.4. The Morgan fingerprint density at radius 1 is 1.09 bits per heavy atom. The third-order valence-electron chi connectivity index (χ3n) is 4.48. The Bertz CT molecular complexity index is 1360. The molecule has 4 aromatic rings. The van der Waals surface area contributed by atoms with E-state index in [1.54, 1.807) is 49.4 Å². The fraction of sp³-hybridized carbons (Fsp3) is 0.0455. The molecule has 10 heteroatoms. The largest absolute Gasteiger partial charge is 0.444 e. The van der Waals surface area contributed by atoms with Gasteiger partial charge in [-0.2, -0.15) is 5.10 Å². The van der Waals surface area contributed by atoms with E-state index in [9.17, 15) is 14.0 Å². The molecular weight excluding hydrogens is 521 g/mol. The minimum Gasteiger partial charge on any atom is -0.444 e. The minimum atomic E-state index is -0.482. The molecule has 0 aliphatic carbocycles. The zero-order valence-electron chi connectivity index (χ0n) is 16.4. The number of halogens is 3. The van der Waals surface area contributed by atoms with Gasteiger partial charge in [0.25, 0.3) is 11.8 Å². The smallest absolute Gasteiger partial charge is 0.291 e. The molecule has 2 amide bonds. The molecule has 0 bridgehead atoms. The van der Waals surface area contributed by atoms with Gasteiger partial charge in [-0.15, -0.1) is 11.3 Å². The third kappa shape index (κ3) is 4.74. The summed E-state index contributed by atoms with van der Waals surface area (Å²) in [5, 5.41) is 7.73. The number of carbonyl (C=O) groups excluding carboxylic acids is 2. The van der Waals surface area contributed by atoms with Gasteiger partial charge in [0.2, 0.25) is 0 Å². The molecule has 0 fully saturated rings. The topological polar surface area (TPSA) is 83.7 Å². The predicted molar refractivity (Wildman–Crippen MR) is 127 cm³/mol. The van der Waals surface area contributed by atoms with Gasteiger partial charge >= 0.3 is 0 Å². The van der Waals surface area contributed by atoms with Crippen molar-refractivity contribution >= 4 is 72.2 Å². The van der Waals surface area contributed by atoms with Crippen LogP contribution in [0.2, 0.25) is 5.02 Å². The highest BCUT2D eigenvalue weighted by Gasteiger charge is 2.17. The van der Waals surface area contributed by atoms with Crippen molar-refractivity contribution < 1.29 is 18.4 Å². The highest BCUT2D eigenvalue weighted by Crippen LogP contribution is 2.35. The number of carbonyl (C=O) groups is 2. The van der Waals surface area contributed by atoms with Crippen molar-refractivity contribution in [2.24, 2.45) is 5.10 Å². The first-order chi connectivity index (χ1) is 15.3. The molecule has 0 saturated carbocycles. The summed E-state index contributed by atoms with van der Waals surface area (Å²) < 4.78 is 19.7. The normalized spacial score (nSPS) is 11.6. The molecule has 0 unspecified atom stereocenters. The first-order valence-electron chi connectivity index (χ1n) is 9.21. The zero-order valence-corrected chi connectivity index (χ0v) is 19.6. The molecule has 4 rings (SSSR count). The molecule has 2 aromatic heterocycles. The van der Waals surface area contributed by atoms with Crippen LogP contribution in [-0.2, 0) is 0 Å². The number of furan rings is 1. The average molecular weight is 535 g/mol. The minimum absolute atomic E-state index is 0.184. The van der Waals surface area contributed by atoms with Crippen LogP contribution in [-0.4, -0.2) is 17.5 Å². The van der Waals surface area contributed by atoms with Crippen molar-refractivity contribution in [3.05, 3.63) is 86.3 Å². The quantitative estimate of drug-likeness (QED) is 0.228. The van der Waals surface area contributed by atoms with Crippen LogP contribution in [0.5, 0.6) is 0 Å². The summed E-state index contributed by atoms with van der Waals surface area (Å²) in [4.78, 5) is 24.9. The summed E-state index contributed by atoms with van der Waals surface area (Å²) in [6.07, 6.45) is 0. The second-order valence-electron chi connectivity index (χ2n) is 6.66. The molecule has 0 atom stereocenters. The van der Waals surface area contributed by atoms with Crippen molar-refractivity contribution in [3.63, 3.8) is 0 Å². The number of amides is 2. The molecule has 2 aromatic carbocycles. The predicted octanol–water partition coefficient (Wildman–Crippen LogP) is 6.46. The summed E-state index contributed by atoms with van der Waals surface area (Å²) >= 11 is 10.5. The monoisotopic (exact) mass is 533 g/mol. The Balaban J connectivity index is 1.43. The number of nitrogens with zero attached hydrogens (tertiary/aromatic N) is 1. The van der Waals surface area contributed by atoms with Gasteiger partial charge in [-0.05, 0) is 70.9 Å². The van der Waals surface area contributed by atoms with Gasteiger partial charge in [-0.25, -0.2) is 9.82 Å². The van der Waals surface area contributed by atoms with Crippen molar-refractivity contribution in [3.8, 4) is 0 Å². The fourth-order valence-corrected chi connectivity index (χ4v) is 4.60. The van der Waals surface area contributed by atoms with E-state index >= 15 is 0 Å². The number of anilines is 1. The number of hydrazone groups is 1. The van der Waals surface area contributed by atoms with Gasteiger partial charge < -0.3 is 9.73 Å². The first-order valence-corrected chi connectivity index (χ1v) is 11.2. The lowest BCUT2D eigenvalue weighted by atomic mass is 10.1. The van der Waals surface area contributed by atoms with Crippen LogP contribution in [0, 0.1) is 5.82 Å². The van der Waals surface area contributed by atoms with Gasteiger partial charge in [-0.1, -0.05) is 23.7 Å². The average Bonchev–Trinajstić information content (AvgIpc) is 3.35. The van der Waals surface area contributed by atoms with Crippen LogP contribution in [0.4, 0.5) is 10.1 Å². The van der Waals surface area contributed by atoms with E-state index in [2.05, 4.69) is 31.8 Å². The highest BCUT2D eigenvalue weighted by atomic mass is 79.9. The molecule has 2 heterocycles. The summed E-state index contributed by atoms with van der Waals surface area (Å²) in [6.45, 7) is 1.73. The highest BCUT2D eigenvalue weighted by molar-refractivity contribution is 9.10. The second kappa shape index (κ2) is 9.23. The SMILES string of the molecule is C/C(=N\NC(=O)c1sc2cc(F)ccc2c1Cl)c1ccc(NC(=O)c2ccc(Br)o2)cc1. The van der Waals surface area contributed by atoms with Gasteiger partial charge in [0, 0.05) is 15.8 Å². The van der Waals surface area contributed by atoms with Crippen molar-refractivity contribution in [1.29, 1.82) is 0 Å². The molecule has 0 aliphatic rings. The van der Waals surface area contributed by atoms with Gasteiger partial charge in [0.1, 0.15) is 10.7 Å². The number of rotatable bonds is 5. The summed E-state index contributed by atoms with van der Waals surface area (Å²) in [6, 6.07) is 14.3. The lowest BCUT2D eigenvalue weighted by molar-refractivity contribution is 0.0957. The van der Waals surface area contributed by atoms with Crippen LogP contribution in [0.3, 0.4) is 0 Å². The molecule has 162 valence electrons. The number of benzene rings is 2. The second-order valence-corrected chi connectivity index (χ2v) is 8.87. The van der Waals surface area contributed by atoms with Gasteiger partial charge in [-0.3, -0.25) is 9.59 Å². The van der Waals surface area contributed by atoms with Crippen LogP contribution >= 0.6 is 38.9 Å². The van der Waals surface area contributed by atoms with E-state index in [1.165, 1.54) is 12.1 Å². The number of hydrogen-bond donors (Lipinski definition) is 2. The molecule has 32 heavy (non-hydrogen) atoms. The van der Waals surface area contributed by atoms with E-state index in [-0.39, 0.29) is 21.6 Å².